The predicted molar refractivity (Wildman–Crippen MR) is 65.7 cm³/mol. The highest BCUT2D eigenvalue weighted by atomic mass is 16.4. The van der Waals surface area contributed by atoms with Gasteiger partial charge in [0.25, 0.3) is 0 Å². The highest BCUT2D eigenvalue weighted by Gasteiger charge is 2.49. The molecule has 1 fully saturated rings. The van der Waals surface area contributed by atoms with Gasteiger partial charge in [-0.3, -0.25) is 14.4 Å². The number of aliphatic carboxylic acids is 2. The van der Waals surface area contributed by atoms with Gasteiger partial charge in [-0.1, -0.05) is 30.3 Å². The fourth-order valence-electron chi connectivity index (χ4n) is 2.64. The maximum Gasteiger partial charge on any atom is 0.314 e. The van der Waals surface area contributed by atoms with Crippen LogP contribution in [0.5, 0.6) is 0 Å². The van der Waals surface area contributed by atoms with Crippen molar-refractivity contribution in [2.24, 2.45) is 5.92 Å². The first-order valence-corrected chi connectivity index (χ1v) is 6.02. The number of Topliss-reactive ketones (excluding diaryl/α,β-unsaturated/α-hetero) is 1. The first-order valence-electron chi connectivity index (χ1n) is 6.02. The number of carboxylic acids is 2. The Bertz CT molecular complexity index is 522. The molecule has 0 radical (unpaired) electrons. The van der Waals surface area contributed by atoms with Crippen molar-refractivity contribution in [2.75, 3.05) is 0 Å². The summed E-state index contributed by atoms with van der Waals surface area (Å²) in [5.41, 5.74) is -0.723. The number of carboxylic acid groups (broad SMARTS) is 2. The summed E-state index contributed by atoms with van der Waals surface area (Å²) < 4.78 is 0. The van der Waals surface area contributed by atoms with E-state index in [1.165, 1.54) is 0 Å². The number of benzene rings is 1. The molecule has 2 N–H and O–H groups in total. The number of carbonyl (C=O) groups is 3. The van der Waals surface area contributed by atoms with Gasteiger partial charge in [-0.25, -0.2) is 0 Å². The Morgan fingerprint density at radius 3 is 2.32 bits per heavy atom. The maximum atomic E-state index is 11.6. The lowest BCUT2D eigenvalue weighted by Crippen LogP contribution is -2.45. The average Bonchev–Trinajstić information content (AvgIpc) is 2.40. The highest BCUT2D eigenvalue weighted by molar-refractivity contribution is 6.01. The molecular weight excluding hydrogens is 248 g/mol. The molecular formula is C14H14O5. The summed E-state index contributed by atoms with van der Waals surface area (Å²) in [6.07, 6.45) is -0.0480. The van der Waals surface area contributed by atoms with E-state index >= 15 is 0 Å². The zero-order valence-electron chi connectivity index (χ0n) is 10.2. The van der Waals surface area contributed by atoms with Crippen LogP contribution in [0.25, 0.3) is 0 Å². The van der Waals surface area contributed by atoms with Gasteiger partial charge in [-0.2, -0.15) is 0 Å². The topological polar surface area (TPSA) is 91.7 Å². The zero-order chi connectivity index (χ0) is 14.0. The highest BCUT2D eigenvalue weighted by Crippen LogP contribution is 2.41. The van der Waals surface area contributed by atoms with Crippen molar-refractivity contribution in [2.45, 2.75) is 24.7 Å². The predicted octanol–water partition coefficient (Wildman–Crippen LogP) is 1.46. The molecule has 19 heavy (non-hydrogen) atoms. The fraction of sp³-hybridized carbons (Fsp3) is 0.357. The molecule has 2 rings (SSSR count). The second kappa shape index (κ2) is 4.84. The normalized spacial score (nSPS) is 26.9. The number of carbonyl (C=O) groups excluding carboxylic acids is 1. The van der Waals surface area contributed by atoms with Crippen molar-refractivity contribution in [3.63, 3.8) is 0 Å². The van der Waals surface area contributed by atoms with Gasteiger partial charge in [0.2, 0.25) is 0 Å². The summed E-state index contributed by atoms with van der Waals surface area (Å²) in [6.45, 7) is 0. The lowest BCUT2D eigenvalue weighted by Gasteiger charge is -2.35. The molecule has 0 heterocycles. The van der Waals surface area contributed by atoms with E-state index in [0.29, 0.717) is 5.56 Å². The SMILES string of the molecule is O=C(O)C1CC(C(=O)O)(c2ccccc2)CCC1=O. The molecule has 0 bridgehead atoms. The van der Waals surface area contributed by atoms with Crippen LogP contribution in [0.1, 0.15) is 24.8 Å². The number of ketones is 1. The maximum absolute atomic E-state index is 11.6. The molecule has 5 nitrogen and oxygen atoms in total. The Morgan fingerprint density at radius 1 is 1.16 bits per heavy atom. The molecule has 1 aromatic carbocycles. The molecule has 0 aromatic heterocycles. The lowest BCUT2D eigenvalue weighted by molar-refractivity contribution is -0.153. The van der Waals surface area contributed by atoms with Crippen molar-refractivity contribution in [1.82, 2.24) is 0 Å². The second-order valence-electron chi connectivity index (χ2n) is 4.81. The second-order valence-corrected chi connectivity index (χ2v) is 4.81. The van der Waals surface area contributed by atoms with Crippen LogP contribution in [0, 0.1) is 5.92 Å². The summed E-state index contributed by atoms with van der Waals surface area (Å²) >= 11 is 0. The summed E-state index contributed by atoms with van der Waals surface area (Å²) in [4.78, 5) is 34.3. The van der Waals surface area contributed by atoms with E-state index in [-0.39, 0.29) is 25.0 Å². The quantitative estimate of drug-likeness (QED) is 0.805. The molecule has 100 valence electrons. The number of hydrogen-bond donors (Lipinski definition) is 2. The smallest absolute Gasteiger partial charge is 0.314 e. The minimum absolute atomic E-state index is 0.0157. The minimum atomic E-state index is -1.28. The molecule has 0 saturated heterocycles. The van der Waals surface area contributed by atoms with Crippen molar-refractivity contribution in [3.8, 4) is 0 Å². The Morgan fingerprint density at radius 2 is 1.79 bits per heavy atom. The third kappa shape index (κ3) is 2.23. The summed E-state index contributed by atoms with van der Waals surface area (Å²) in [7, 11) is 0. The molecule has 1 aliphatic rings. The lowest BCUT2D eigenvalue weighted by atomic mass is 9.65. The third-order valence-corrected chi connectivity index (χ3v) is 3.77. The molecule has 1 aliphatic carbocycles. The van der Waals surface area contributed by atoms with Crippen LogP contribution in [-0.2, 0) is 19.8 Å². The Balaban J connectivity index is 2.44. The molecule has 0 amide bonds. The van der Waals surface area contributed by atoms with E-state index in [2.05, 4.69) is 0 Å². The largest absolute Gasteiger partial charge is 0.481 e. The average molecular weight is 262 g/mol. The van der Waals surface area contributed by atoms with Gasteiger partial charge < -0.3 is 10.2 Å². The van der Waals surface area contributed by atoms with Crippen LogP contribution in [0.3, 0.4) is 0 Å². The van der Waals surface area contributed by atoms with Crippen LogP contribution in [-0.4, -0.2) is 27.9 Å². The third-order valence-electron chi connectivity index (χ3n) is 3.77. The molecule has 0 spiro atoms. The van der Waals surface area contributed by atoms with E-state index in [1.54, 1.807) is 30.3 Å². The van der Waals surface area contributed by atoms with E-state index < -0.39 is 23.3 Å². The number of hydrogen-bond acceptors (Lipinski definition) is 3. The van der Waals surface area contributed by atoms with E-state index in [9.17, 15) is 19.5 Å². The Labute approximate surface area is 109 Å². The standard InChI is InChI=1S/C14H14O5/c15-11-6-7-14(13(18)19,8-10(11)12(16)17)9-4-2-1-3-5-9/h1-5,10H,6-8H2,(H,16,17)(H,18,19). The van der Waals surface area contributed by atoms with Gasteiger partial charge >= 0.3 is 11.9 Å². The van der Waals surface area contributed by atoms with E-state index in [4.69, 9.17) is 5.11 Å². The van der Waals surface area contributed by atoms with Crippen LogP contribution in [0.15, 0.2) is 30.3 Å². The van der Waals surface area contributed by atoms with Gasteiger partial charge in [-0.15, -0.1) is 0 Å². The summed E-state index contributed by atoms with van der Waals surface area (Å²) in [6, 6.07) is 8.53. The molecule has 0 aliphatic heterocycles. The van der Waals surface area contributed by atoms with Crippen LogP contribution in [0.4, 0.5) is 0 Å². The molecule has 2 atom stereocenters. The first-order chi connectivity index (χ1) is 8.97. The van der Waals surface area contributed by atoms with E-state index in [1.807, 2.05) is 0 Å². The van der Waals surface area contributed by atoms with Crippen molar-refractivity contribution in [1.29, 1.82) is 0 Å². The van der Waals surface area contributed by atoms with Gasteiger partial charge in [0.05, 0.1) is 5.41 Å². The van der Waals surface area contributed by atoms with Gasteiger partial charge in [0, 0.05) is 6.42 Å². The van der Waals surface area contributed by atoms with Crippen molar-refractivity contribution in [3.05, 3.63) is 35.9 Å². The van der Waals surface area contributed by atoms with Crippen LogP contribution < -0.4 is 0 Å². The summed E-state index contributed by atoms with van der Waals surface area (Å²) in [5.74, 6) is -3.94. The Kier molecular flexibility index (Phi) is 3.38. The molecule has 5 heteroatoms. The molecule has 2 unspecified atom stereocenters. The van der Waals surface area contributed by atoms with Crippen LogP contribution >= 0.6 is 0 Å². The minimum Gasteiger partial charge on any atom is -0.481 e. The first kappa shape index (κ1) is 13.3. The van der Waals surface area contributed by atoms with Crippen molar-refractivity contribution >= 4 is 17.7 Å². The van der Waals surface area contributed by atoms with Gasteiger partial charge in [0.1, 0.15) is 11.7 Å². The van der Waals surface area contributed by atoms with Gasteiger partial charge in [-0.05, 0) is 18.4 Å². The summed E-state index contributed by atoms with van der Waals surface area (Å²) in [5, 5.41) is 18.6. The zero-order valence-corrected chi connectivity index (χ0v) is 10.2. The van der Waals surface area contributed by atoms with Crippen molar-refractivity contribution < 1.29 is 24.6 Å². The van der Waals surface area contributed by atoms with E-state index in [0.717, 1.165) is 0 Å². The van der Waals surface area contributed by atoms with Crippen LogP contribution in [0.2, 0.25) is 0 Å². The molecule has 1 aromatic rings. The fourth-order valence-corrected chi connectivity index (χ4v) is 2.64. The monoisotopic (exact) mass is 262 g/mol. The molecule has 1 saturated carbocycles. The Hall–Kier alpha value is -2.17. The van der Waals surface area contributed by atoms with Gasteiger partial charge in [0.15, 0.2) is 0 Å². The number of rotatable bonds is 3.